The minimum atomic E-state index is 0.119. The lowest BCUT2D eigenvalue weighted by molar-refractivity contribution is -0.117. The fraction of sp³-hybridized carbons (Fsp3) is 0.176. The van der Waals surface area contributed by atoms with Crippen LogP contribution in [0.1, 0.15) is 23.2 Å². The maximum atomic E-state index is 11.7. The van der Waals surface area contributed by atoms with Crippen LogP contribution < -0.4 is 5.32 Å². The van der Waals surface area contributed by atoms with Crippen LogP contribution in [-0.2, 0) is 4.79 Å². The van der Waals surface area contributed by atoms with Crippen LogP contribution in [0.3, 0.4) is 0 Å². The number of rotatable bonds is 4. The summed E-state index contributed by atoms with van der Waals surface area (Å²) in [5, 5.41) is 2.92. The van der Waals surface area contributed by atoms with E-state index in [9.17, 15) is 9.59 Å². The molecule has 2 aromatic carbocycles. The van der Waals surface area contributed by atoms with Gasteiger partial charge in [0.25, 0.3) is 0 Å². The largest absolute Gasteiger partial charge is 0.326 e. The van der Waals surface area contributed by atoms with Crippen LogP contribution in [0.25, 0.3) is 11.1 Å². The van der Waals surface area contributed by atoms with Gasteiger partial charge in [0, 0.05) is 17.2 Å². The van der Waals surface area contributed by atoms with Crippen LogP contribution >= 0.6 is 0 Å². The van der Waals surface area contributed by atoms with E-state index in [2.05, 4.69) is 5.32 Å². The summed E-state index contributed by atoms with van der Waals surface area (Å²) in [6.07, 6.45) is 2.85. The van der Waals surface area contributed by atoms with Gasteiger partial charge in [-0.1, -0.05) is 36.4 Å². The van der Waals surface area contributed by atoms with Crippen molar-refractivity contribution in [3.8, 4) is 11.1 Å². The van der Waals surface area contributed by atoms with Gasteiger partial charge >= 0.3 is 0 Å². The van der Waals surface area contributed by atoms with E-state index in [4.69, 9.17) is 0 Å². The average molecular weight is 265 g/mol. The zero-order valence-electron chi connectivity index (χ0n) is 11.0. The Balaban J connectivity index is 1.74. The summed E-state index contributed by atoms with van der Waals surface area (Å²) in [6.45, 7) is 0. The molecule has 3 rings (SSSR count). The van der Waals surface area contributed by atoms with Crippen LogP contribution in [0.4, 0.5) is 5.69 Å². The fourth-order valence-corrected chi connectivity index (χ4v) is 2.09. The SMILES string of the molecule is O=Cc1ccc(-c2ccc(NC(=O)C3CC3)cc2)cc1. The molecule has 2 aromatic rings. The maximum absolute atomic E-state index is 11.7. The van der Waals surface area contributed by atoms with Crippen molar-refractivity contribution >= 4 is 17.9 Å². The molecule has 1 aliphatic rings. The van der Waals surface area contributed by atoms with Gasteiger partial charge in [0.2, 0.25) is 5.91 Å². The molecule has 100 valence electrons. The number of nitrogens with one attached hydrogen (secondary N) is 1. The van der Waals surface area contributed by atoms with Crippen molar-refractivity contribution in [1.29, 1.82) is 0 Å². The molecule has 0 aliphatic heterocycles. The van der Waals surface area contributed by atoms with Crippen LogP contribution in [-0.4, -0.2) is 12.2 Å². The van der Waals surface area contributed by atoms with Crippen molar-refractivity contribution < 1.29 is 9.59 Å². The lowest BCUT2D eigenvalue weighted by Gasteiger charge is -2.06. The Bertz CT molecular complexity index is 625. The minimum absolute atomic E-state index is 0.119. The number of hydrogen-bond acceptors (Lipinski definition) is 2. The Morgan fingerprint density at radius 1 is 0.950 bits per heavy atom. The molecule has 0 heterocycles. The summed E-state index contributed by atoms with van der Waals surface area (Å²) < 4.78 is 0. The molecule has 20 heavy (non-hydrogen) atoms. The molecule has 0 saturated heterocycles. The Labute approximate surface area is 117 Å². The van der Waals surface area contributed by atoms with Crippen molar-refractivity contribution in [3.05, 3.63) is 54.1 Å². The molecule has 0 unspecified atom stereocenters. The maximum Gasteiger partial charge on any atom is 0.227 e. The smallest absolute Gasteiger partial charge is 0.227 e. The van der Waals surface area contributed by atoms with E-state index in [1.54, 1.807) is 12.1 Å². The number of carbonyl (C=O) groups is 2. The highest BCUT2D eigenvalue weighted by molar-refractivity contribution is 5.94. The van der Waals surface area contributed by atoms with Gasteiger partial charge < -0.3 is 5.32 Å². The molecule has 1 amide bonds. The van der Waals surface area contributed by atoms with Crippen LogP contribution in [0.2, 0.25) is 0 Å². The van der Waals surface area contributed by atoms with E-state index in [1.165, 1.54) is 0 Å². The zero-order valence-corrected chi connectivity index (χ0v) is 11.0. The monoisotopic (exact) mass is 265 g/mol. The molecule has 1 saturated carbocycles. The summed E-state index contributed by atoms with van der Waals surface area (Å²) >= 11 is 0. The normalized spacial score (nSPS) is 13.8. The Morgan fingerprint density at radius 3 is 2.00 bits per heavy atom. The van der Waals surface area contributed by atoms with Gasteiger partial charge in [-0.25, -0.2) is 0 Å². The number of benzene rings is 2. The molecule has 0 radical (unpaired) electrons. The van der Waals surface area contributed by atoms with Gasteiger partial charge in [0.1, 0.15) is 6.29 Å². The Hall–Kier alpha value is -2.42. The van der Waals surface area contributed by atoms with Crippen molar-refractivity contribution in [1.82, 2.24) is 0 Å². The van der Waals surface area contributed by atoms with E-state index in [1.807, 2.05) is 36.4 Å². The highest BCUT2D eigenvalue weighted by atomic mass is 16.2. The molecular weight excluding hydrogens is 250 g/mol. The highest BCUT2D eigenvalue weighted by Gasteiger charge is 2.29. The molecule has 0 spiro atoms. The second-order valence-electron chi connectivity index (χ2n) is 5.08. The van der Waals surface area contributed by atoms with E-state index < -0.39 is 0 Å². The number of aldehydes is 1. The van der Waals surface area contributed by atoms with Crippen LogP contribution in [0.5, 0.6) is 0 Å². The first-order valence-corrected chi connectivity index (χ1v) is 6.73. The molecule has 0 bridgehead atoms. The lowest BCUT2D eigenvalue weighted by atomic mass is 10.0. The van der Waals surface area contributed by atoms with Gasteiger partial charge in [-0.05, 0) is 36.1 Å². The first kappa shape index (κ1) is 12.6. The Kier molecular flexibility index (Phi) is 3.33. The first-order chi connectivity index (χ1) is 9.76. The number of carbonyl (C=O) groups excluding carboxylic acids is 2. The molecule has 3 nitrogen and oxygen atoms in total. The summed E-state index contributed by atoms with van der Waals surface area (Å²) in [5.74, 6) is 0.332. The molecule has 1 aliphatic carbocycles. The third-order valence-corrected chi connectivity index (χ3v) is 3.48. The number of amides is 1. The standard InChI is InChI=1S/C17H15NO2/c19-11-12-1-3-13(4-2-12)14-7-9-16(10-8-14)18-17(20)15-5-6-15/h1-4,7-11,15H,5-6H2,(H,18,20). The third-order valence-electron chi connectivity index (χ3n) is 3.48. The van der Waals surface area contributed by atoms with E-state index >= 15 is 0 Å². The van der Waals surface area contributed by atoms with Gasteiger partial charge in [-0.15, -0.1) is 0 Å². The van der Waals surface area contributed by atoms with Crippen LogP contribution in [0.15, 0.2) is 48.5 Å². The number of hydrogen-bond donors (Lipinski definition) is 1. The predicted octanol–water partition coefficient (Wildman–Crippen LogP) is 3.51. The van der Waals surface area contributed by atoms with Gasteiger partial charge in [0.15, 0.2) is 0 Å². The predicted molar refractivity (Wildman–Crippen MR) is 78.6 cm³/mol. The zero-order chi connectivity index (χ0) is 13.9. The molecule has 0 aromatic heterocycles. The molecule has 0 atom stereocenters. The van der Waals surface area contributed by atoms with Crippen molar-refractivity contribution in [2.45, 2.75) is 12.8 Å². The van der Waals surface area contributed by atoms with Gasteiger partial charge in [0.05, 0.1) is 0 Å². The second-order valence-corrected chi connectivity index (χ2v) is 5.08. The lowest BCUT2D eigenvalue weighted by Crippen LogP contribution is -2.12. The topological polar surface area (TPSA) is 46.2 Å². The minimum Gasteiger partial charge on any atom is -0.326 e. The molecule has 3 heteroatoms. The van der Waals surface area contributed by atoms with Crippen molar-refractivity contribution in [3.63, 3.8) is 0 Å². The van der Waals surface area contributed by atoms with E-state index in [-0.39, 0.29) is 11.8 Å². The summed E-state index contributed by atoms with van der Waals surface area (Å²) in [6, 6.07) is 15.2. The summed E-state index contributed by atoms with van der Waals surface area (Å²) in [4.78, 5) is 22.3. The summed E-state index contributed by atoms with van der Waals surface area (Å²) in [5.41, 5.74) is 3.61. The van der Waals surface area contributed by atoms with Crippen molar-refractivity contribution in [2.24, 2.45) is 5.92 Å². The number of anilines is 1. The first-order valence-electron chi connectivity index (χ1n) is 6.73. The van der Waals surface area contributed by atoms with Gasteiger partial charge in [-0.3, -0.25) is 9.59 Å². The highest BCUT2D eigenvalue weighted by Crippen LogP contribution is 2.30. The summed E-state index contributed by atoms with van der Waals surface area (Å²) in [7, 11) is 0. The van der Waals surface area contributed by atoms with Gasteiger partial charge in [-0.2, -0.15) is 0 Å². The van der Waals surface area contributed by atoms with E-state index in [0.29, 0.717) is 5.56 Å². The molecule has 1 fully saturated rings. The average Bonchev–Trinajstić information content (AvgIpc) is 3.33. The second kappa shape index (κ2) is 5.29. The quantitative estimate of drug-likeness (QED) is 0.860. The Morgan fingerprint density at radius 2 is 1.50 bits per heavy atom. The molecular formula is C17H15NO2. The fourth-order valence-electron chi connectivity index (χ4n) is 2.09. The van der Waals surface area contributed by atoms with Crippen LogP contribution in [0, 0.1) is 5.92 Å². The van der Waals surface area contributed by atoms with Crippen molar-refractivity contribution in [2.75, 3.05) is 5.32 Å². The van der Waals surface area contributed by atoms with E-state index in [0.717, 1.165) is 35.9 Å². The third kappa shape index (κ3) is 2.77. The molecule has 1 N–H and O–H groups in total.